The van der Waals surface area contributed by atoms with Crippen molar-refractivity contribution in [3.8, 4) is 11.4 Å². The summed E-state index contributed by atoms with van der Waals surface area (Å²) in [7, 11) is 0. The van der Waals surface area contributed by atoms with Gasteiger partial charge in [0.2, 0.25) is 0 Å². The van der Waals surface area contributed by atoms with Crippen LogP contribution in [0.4, 0.5) is 0 Å². The molecule has 1 aliphatic rings. The van der Waals surface area contributed by atoms with E-state index in [1.165, 1.54) is 5.70 Å². The maximum Gasteiger partial charge on any atom is 0.257 e. The second-order valence-electron chi connectivity index (χ2n) is 6.33. The quantitative estimate of drug-likeness (QED) is 0.650. The SMILES string of the molecule is CCCC1=CC=C(NC(=O)c2ccnc3nc(-c4cccnc4)[nH]c23)CN1. The largest absolute Gasteiger partial charge is 0.383 e. The molecule has 3 aromatic heterocycles. The molecule has 4 rings (SSSR count). The van der Waals surface area contributed by atoms with Crippen LogP contribution in [-0.2, 0) is 0 Å². The molecular weight excluding hydrogens is 340 g/mol. The Morgan fingerprint density at radius 3 is 2.93 bits per heavy atom. The van der Waals surface area contributed by atoms with Gasteiger partial charge in [0.1, 0.15) is 5.82 Å². The van der Waals surface area contributed by atoms with Crippen molar-refractivity contribution in [2.24, 2.45) is 0 Å². The number of imidazole rings is 1. The highest BCUT2D eigenvalue weighted by Crippen LogP contribution is 2.21. The number of hydrogen-bond acceptors (Lipinski definition) is 5. The number of aromatic amines is 1. The molecule has 0 radical (unpaired) electrons. The smallest absolute Gasteiger partial charge is 0.257 e. The molecule has 0 aromatic carbocycles. The van der Waals surface area contributed by atoms with Crippen molar-refractivity contribution >= 4 is 17.1 Å². The van der Waals surface area contributed by atoms with Crippen molar-refractivity contribution in [2.75, 3.05) is 6.54 Å². The van der Waals surface area contributed by atoms with Crippen molar-refractivity contribution in [3.63, 3.8) is 0 Å². The second kappa shape index (κ2) is 7.41. The number of carbonyl (C=O) groups is 1. The zero-order valence-corrected chi connectivity index (χ0v) is 15.0. The van der Waals surface area contributed by atoms with Gasteiger partial charge >= 0.3 is 0 Å². The Hall–Kier alpha value is -3.48. The number of allylic oxidation sites excluding steroid dienone is 3. The van der Waals surface area contributed by atoms with Crippen LogP contribution in [-0.4, -0.2) is 32.4 Å². The molecule has 136 valence electrons. The van der Waals surface area contributed by atoms with E-state index in [1.807, 2.05) is 24.3 Å². The zero-order valence-electron chi connectivity index (χ0n) is 15.0. The van der Waals surface area contributed by atoms with Crippen LogP contribution in [0.1, 0.15) is 30.1 Å². The monoisotopic (exact) mass is 360 g/mol. The fourth-order valence-electron chi connectivity index (χ4n) is 3.01. The number of aromatic nitrogens is 4. The molecule has 27 heavy (non-hydrogen) atoms. The molecule has 0 fully saturated rings. The summed E-state index contributed by atoms with van der Waals surface area (Å²) in [6, 6.07) is 5.44. The van der Waals surface area contributed by atoms with Crippen molar-refractivity contribution in [1.29, 1.82) is 0 Å². The number of nitrogens with one attached hydrogen (secondary N) is 3. The van der Waals surface area contributed by atoms with Gasteiger partial charge in [0.05, 0.1) is 17.6 Å². The Morgan fingerprint density at radius 1 is 1.26 bits per heavy atom. The van der Waals surface area contributed by atoms with Gasteiger partial charge < -0.3 is 15.6 Å². The van der Waals surface area contributed by atoms with Crippen LogP contribution in [0.25, 0.3) is 22.6 Å². The van der Waals surface area contributed by atoms with Gasteiger partial charge in [-0.05, 0) is 36.8 Å². The average molecular weight is 360 g/mol. The Labute approximate surface area is 156 Å². The fraction of sp³-hybridized carbons (Fsp3) is 0.200. The van der Waals surface area contributed by atoms with Gasteiger partial charge in [-0.25, -0.2) is 9.97 Å². The van der Waals surface area contributed by atoms with Gasteiger partial charge in [0.15, 0.2) is 5.65 Å². The minimum Gasteiger partial charge on any atom is -0.383 e. The molecule has 4 heterocycles. The third-order valence-corrected chi connectivity index (χ3v) is 4.36. The standard InChI is InChI=1S/C20H20N6O/c1-2-4-14-6-7-15(12-23-14)24-20(27)16-8-10-22-19-17(16)25-18(26-19)13-5-3-9-21-11-13/h3,5-11,23H,2,4,12H2,1H3,(H,24,27)(H,22,25,26). The summed E-state index contributed by atoms with van der Waals surface area (Å²) in [5.74, 6) is 0.445. The molecule has 0 spiro atoms. The number of dihydropyridines is 1. The first-order chi connectivity index (χ1) is 13.2. The Balaban J connectivity index is 1.60. The highest BCUT2D eigenvalue weighted by atomic mass is 16.1. The third kappa shape index (κ3) is 3.57. The van der Waals surface area contributed by atoms with E-state index in [4.69, 9.17) is 0 Å². The minimum atomic E-state index is -0.191. The Kier molecular flexibility index (Phi) is 4.65. The van der Waals surface area contributed by atoms with Crippen molar-refractivity contribution in [2.45, 2.75) is 19.8 Å². The second-order valence-corrected chi connectivity index (χ2v) is 6.33. The van der Waals surface area contributed by atoms with Gasteiger partial charge in [-0.2, -0.15) is 0 Å². The summed E-state index contributed by atoms with van der Waals surface area (Å²) in [6.07, 6.45) is 11.1. The van der Waals surface area contributed by atoms with Crippen molar-refractivity contribution in [3.05, 3.63) is 65.9 Å². The molecule has 0 atom stereocenters. The number of nitrogens with zero attached hydrogens (tertiary/aromatic N) is 3. The molecule has 7 nitrogen and oxygen atoms in total. The topological polar surface area (TPSA) is 95.6 Å². The van der Waals surface area contributed by atoms with Crippen molar-refractivity contribution in [1.82, 2.24) is 30.6 Å². The van der Waals surface area contributed by atoms with Gasteiger partial charge in [-0.15, -0.1) is 0 Å². The van der Waals surface area contributed by atoms with E-state index in [2.05, 4.69) is 37.5 Å². The maximum absolute atomic E-state index is 12.8. The highest BCUT2D eigenvalue weighted by Gasteiger charge is 2.16. The van der Waals surface area contributed by atoms with Crippen LogP contribution in [0.15, 0.2) is 60.3 Å². The van der Waals surface area contributed by atoms with E-state index in [-0.39, 0.29) is 5.91 Å². The molecule has 0 bridgehead atoms. The summed E-state index contributed by atoms with van der Waals surface area (Å²) in [6.45, 7) is 2.75. The van der Waals surface area contributed by atoms with Crippen LogP contribution in [0.3, 0.4) is 0 Å². The molecule has 0 aliphatic carbocycles. The first-order valence-electron chi connectivity index (χ1n) is 8.94. The molecule has 1 aliphatic heterocycles. The molecule has 1 amide bonds. The predicted octanol–water partition coefficient (Wildman–Crippen LogP) is 2.92. The van der Waals surface area contributed by atoms with Crippen molar-refractivity contribution < 1.29 is 4.79 Å². The van der Waals surface area contributed by atoms with Crippen LogP contribution < -0.4 is 10.6 Å². The number of hydrogen-bond donors (Lipinski definition) is 3. The molecule has 3 N–H and O–H groups in total. The normalized spacial score (nSPS) is 13.7. The first kappa shape index (κ1) is 17.0. The minimum absolute atomic E-state index is 0.191. The molecule has 0 saturated heterocycles. The lowest BCUT2D eigenvalue weighted by Gasteiger charge is -2.17. The summed E-state index contributed by atoms with van der Waals surface area (Å²) in [5.41, 5.74) is 4.48. The molecule has 0 unspecified atom stereocenters. The van der Waals surface area contributed by atoms with Crippen LogP contribution in [0.2, 0.25) is 0 Å². The number of rotatable bonds is 5. The summed E-state index contributed by atoms with van der Waals surface area (Å²) in [4.78, 5) is 28.8. The number of carbonyl (C=O) groups excluding carboxylic acids is 1. The number of amides is 1. The van der Waals surface area contributed by atoms with Crippen LogP contribution in [0, 0.1) is 0 Å². The first-order valence-corrected chi connectivity index (χ1v) is 8.94. The number of pyridine rings is 2. The van der Waals surface area contributed by atoms with E-state index in [9.17, 15) is 4.79 Å². The number of H-pyrrole nitrogens is 1. The molecule has 0 saturated carbocycles. The van der Waals surface area contributed by atoms with Gasteiger partial charge in [-0.3, -0.25) is 9.78 Å². The average Bonchev–Trinajstić information content (AvgIpc) is 3.15. The van der Waals surface area contributed by atoms with E-state index >= 15 is 0 Å². The Morgan fingerprint density at radius 2 is 2.19 bits per heavy atom. The van der Waals surface area contributed by atoms with Crippen LogP contribution in [0.5, 0.6) is 0 Å². The van der Waals surface area contributed by atoms with E-state index in [0.717, 1.165) is 24.1 Å². The number of fused-ring (bicyclic) bond motifs is 1. The maximum atomic E-state index is 12.8. The van der Waals surface area contributed by atoms with E-state index in [1.54, 1.807) is 24.7 Å². The molecular formula is C20H20N6O. The zero-order chi connectivity index (χ0) is 18.6. The third-order valence-electron chi connectivity index (χ3n) is 4.36. The fourth-order valence-corrected chi connectivity index (χ4v) is 3.01. The lowest BCUT2D eigenvalue weighted by molar-refractivity contribution is 0.0966. The Bertz CT molecular complexity index is 1040. The lowest BCUT2D eigenvalue weighted by Crippen LogP contribution is -2.31. The summed E-state index contributed by atoms with van der Waals surface area (Å²) < 4.78 is 0. The van der Waals surface area contributed by atoms with Crippen LogP contribution >= 0.6 is 0 Å². The van der Waals surface area contributed by atoms with Gasteiger partial charge in [0.25, 0.3) is 5.91 Å². The summed E-state index contributed by atoms with van der Waals surface area (Å²) in [5, 5.41) is 6.29. The molecule has 7 heteroatoms. The lowest BCUT2D eigenvalue weighted by atomic mass is 10.1. The van der Waals surface area contributed by atoms with Gasteiger partial charge in [0, 0.05) is 35.5 Å². The summed E-state index contributed by atoms with van der Waals surface area (Å²) >= 11 is 0. The van der Waals surface area contributed by atoms with E-state index < -0.39 is 0 Å². The van der Waals surface area contributed by atoms with E-state index in [0.29, 0.717) is 29.1 Å². The molecule has 3 aromatic rings. The highest BCUT2D eigenvalue weighted by molar-refractivity contribution is 6.05. The van der Waals surface area contributed by atoms with Gasteiger partial charge in [-0.1, -0.05) is 13.3 Å². The predicted molar refractivity (Wildman–Crippen MR) is 104 cm³/mol.